The number of hydrogen-bond donors (Lipinski definition) is 1. The number of aryl methyl sites for hydroxylation is 1. The van der Waals surface area contributed by atoms with Crippen LogP contribution in [0.3, 0.4) is 0 Å². The average molecular weight is 236 g/mol. The topological polar surface area (TPSA) is 47.1 Å². The van der Waals surface area contributed by atoms with Gasteiger partial charge in [-0.25, -0.2) is 0 Å². The number of nitrogens with zero attached hydrogens (tertiary/aromatic N) is 3. The third-order valence-corrected chi connectivity index (χ3v) is 3.80. The first kappa shape index (κ1) is 12.6. The minimum atomic E-state index is 0.0934. The van der Waals surface area contributed by atoms with E-state index < -0.39 is 0 Å². The molecule has 2 atom stereocenters. The molecule has 1 aromatic rings. The molecule has 1 fully saturated rings. The highest BCUT2D eigenvalue weighted by atomic mass is 15.2. The van der Waals surface area contributed by atoms with Crippen molar-refractivity contribution in [2.24, 2.45) is 12.8 Å². The zero-order chi connectivity index (χ0) is 12.3. The van der Waals surface area contributed by atoms with Crippen LogP contribution in [-0.2, 0) is 7.05 Å². The van der Waals surface area contributed by atoms with Gasteiger partial charge in [0.1, 0.15) is 0 Å². The van der Waals surface area contributed by atoms with Gasteiger partial charge in [-0.3, -0.25) is 9.58 Å². The standard InChI is InChI=1S/C13H24N4/c1-3-12-6-4-5-7-17(12)10-13(14)11-8-15-16(2)9-11/h8-9,12-13H,3-7,10,14H2,1-2H3. The zero-order valence-corrected chi connectivity index (χ0v) is 11.0. The van der Waals surface area contributed by atoms with E-state index in [2.05, 4.69) is 16.9 Å². The van der Waals surface area contributed by atoms with Gasteiger partial charge in [-0.2, -0.15) is 5.10 Å². The molecule has 4 nitrogen and oxygen atoms in total. The largest absolute Gasteiger partial charge is 0.323 e. The van der Waals surface area contributed by atoms with Crippen LogP contribution in [0, 0.1) is 0 Å². The Kier molecular flexibility index (Phi) is 4.18. The van der Waals surface area contributed by atoms with Crippen LogP contribution in [-0.4, -0.2) is 33.8 Å². The summed E-state index contributed by atoms with van der Waals surface area (Å²) in [6.45, 7) is 4.44. The number of rotatable bonds is 4. The minimum Gasteiger partial charge on any atom is -0.323 e. The van der Waals surface area contributed by atoms with Gasteiger partial charge in [-0.05, 0) is 25.8 Å². The maximum absolute atomic E-state index is 6.26. The van der Waals surface area contributed by atoms with E-state index in [4.69, 9.17) is 5.73 Å². The molecule has 2 rings (SSSR count). The van der Waals surface area contributed by atoms with Crippen molar-refractivity contribution in [3.63, 3.8) is 0 Å². The molecule has 2 heterocycles. The van der Waals surface area contributed by atoms with E-state index in [1.807, 2.05) is 24.1 Å². The molecule has 0 aliphatic carbocycles. The van der Waals surface area contributed by atoms with E-state index in [1.165, 1.54) is 32.2 Å². The van der Waals surface area contributed by atoms with Gasteiger partial charge in [-0.1, -0.05) is 13.3 Å². The summed E-state index contributed by atoms with van der Waals surface area (Å²) in [5.41, 5.74) is 7.41. The van der Waals surface area contributed by atoms with Gasteiger partial charge in [-0.15, -0.1) is 0 Å². The van der Waals surface area contributed by atoms with Gasteiger partial charge in [0, 0.05) is 37.4 Å². The Morgan fingerprint density at radius 3 is 3.00 bits per heavy atom. The van der Waals surface area contributed by atoms with Gasteiger partial charge in [0.05, 0.1) is 6.20 Å². The number of aromatic nitrogens is 2. The highest BCUT2D eigenvalue weighted by Gasteiger charge is 2.23. The molecule has 0 aromatic carbocycles. The summed E-state index contributed by atoms with van der Waals surface area (Å²) in [6, 6.07) is 0.822. The summed E-state index contributed by atoms with van der Waals surface area (Å²) in [5.74, 6) is 0. The van der Waals surface area contributed by atoms with Crippen LogP contribution in [0.25, 0.3) is 0 Å². The molecule has 1 aliphatic heterocycles. The summed E-state index contributed by atoms with van der Waals surface area (Å²) in [5, 5.41) is 4.19. The van der Waals surface area contributed by atoms with Crippen LogP contribution in [0.5, 0.6) is 0 Å². The highest BCUT2D eigenvalue weighted by molar-refractivity contribution is 5.10. The van der Waals surface area contributed by atoms with E-state index in [1.54, 1.807) is 0 Å². The third kappa shape index (κ3) is 3.07. The Hall–Kier alpha value is -0.870. The van der Waals surface area contributed by atoms with Gasteiger partial charge >= 0.3 is 0 Å². The van der Waals surface area contributed by atoms with E-state index in [0.29, 0.717) is 0 Å². The van der Waals surface area contributed by atoms with Gasteiger partial charge in [0.15, 0.2) is 0 Å². The van der Waals surface area contributed by atoms with Crippen LogP contribution < -0.4 is 5.73 Å². The van der Waals surface area contributed by atoms with Crippen molar-refractivity contribution in [2.45, 2.75) is 44.7 Å². The first-order chi connectivity index (χ1) is 8.20. The Morgan fingerprint density at radius 2 is 2.35 bits per heavy atom. The Bertz CT molecular complexity index is 347. The highest BCUT2D eigenvalue weighted by Crippen LogP contribution is 2.22. The van der Waals surface area contributed by atoms with Crippen molar-refractivity contribution < 1.29 is 0 Å². The fourth-order valence-electron chi connectivity index (χ4n) is 2.75. The Balaban J connectivity index is 1.94. The molecule has 0 bridgehead atoms. The molecule has 2 N–H and O–H groups in total. The average Bonchev–Trinajstić information content (AvgIpc) is 2.77. The first-order valence-electron chi connectivity index (χ1n) is 6.69. The molecule has 0 saturated carbocycles. The van der Waals surface area contributed by atoms with E-state index >= 15 is 0 Å². The number of piperidine rings is 1. The summed E-state index contributed by atoms with van der Waals surface area (Å²) >= 11 is 0. The van der Waals surface area contributed by atoms with Crippen LogP contribution in [0.4, 0.5) is 0 Å². The van der Waals surface area contributed by atoms with E-state index in [0.717, 1.165) is 18.2 Å². The van der Waals surface area contributed by atoms with Crippen molar-refractivity contribution in [1.29, 1.82) is 0 Å². The monoisotopic (exact) mass is 236 g/mol. The van der Waals surface area contributed by atoms with E-state index in [9.17, 15) is 0 Å². The predicted molar refractivity (Wildman–Crippen MR) is 69.6 cm³/mol. The van der Waals surface area contributed by atoms with Crippen molar-refractivity contribution in [3.05, 3.63) is 18.0 Å². The van der Waals surface area contributed by atoms with Gasteiger partial charge in [0.25, 0.3) is 0 Å². The number of nitrogens with two attached hydrogens (primary N) is 1. The first-order valence-corrected chi connectivity index (χ1v) is 6.69. The molecular weight excluding hydrogens is 212 g/mol. The molecule has 4 heteroatoms. The molecule has 2 unspecified atom stereocenters. The molecule has 1 saturated heterocycles. The van der Waals surface area contributed by atoms with Crippen molar-refractivity contribution in [1.82, 2.24) is 14.7 Å². The molecule has 1 aliphatic rings. The maximum atomic E-state index is 6.26. The molecule has 0 amide bonds. The molecule has 1 aromatic heterocycles. The zero-order valence-electron chi connectivity index (χ0n) is 11.0. The molecule has 17 heavy (non-hydrogen) atoms. The van der Waals surface area contributed by atoms with Crippen LogP contribution >= 0.6 is 0 Å². The number of hydrogen-bond acceptors (Lipinski definition) is 3. The van der Waals surface area contributed by atoms with E-state index in [-0.39, 0.29) is 6.04 Å². The van der Waals surface area contributed by atoms with Crippen LogP contribution in [0.1, 0.15) is 44.2 Å². The lowest BCUT2D eigenvalue weighted by Gasteiger charge is -2.36. The molecule has 0 radical (unpaired) electrons. The Labute approximate surface area is 104 Å². The van der Waals surface area contributed by atoms with Gasteiger partial charge in [0.2, 0.25) is 0 Å². The van der Waals surface area contributed by atoms with Crippen molar-refractivity contribution in [2.75, 3.05) is 13.1 Å². The molecule has 96 valence electrons. The normalized spacial score (nSPS) is 23.8. The second-order valence-corrected chi connectivity index (χ2v) is 5.11. The second kappa shape index (κ2) is 5.65. The van der Waals surface area contributed by atoms with Crippen molar-refractivity contribution >= 4 is 0 Å². The Morgan fingerprint density at radius 1 is 1.53 bits per heavy atom. The lowest BCUT2D eigenvalue weighted by Crippen LogP contribution is -2.42. The summed E-state index contributed by atoms with van der Waals surface area (Å²) in [7, 11) is 1.94. The lowest BCUT2D eigenvalue weighted by molar-refractivity contribution is 0.136. The fraction of sp³-hybridized carbons (Fsp3) is 0.769. The minimum absolute atomic E-state index is 0.0934. The van der Waals surface area contributed by atoms with Crippen LogP contribution in [0.2, 0.25) is 0 Å². The second-order valence-electron chi connectivity index (χ2n) is 5.11. The fourth-order valence-corrected chi connectivity index (χ4v) is 2.75. The number of likely N-dealkylation sites (tertiary alicyclic amines) is 1. The predicted octanol–water partition coefficient (Wildman–Crippen LogP) is 1.68. The smallest absolute Gasteiger partial charge is 0.0537 e. The SMILES string of the molecule is CCC1CCCCN1CC(N)c1cnn(C)c1. The summed E-state index contributed by atoms with van der Waals surface area (Å²) in [4.78, 5) is 2.56. The van der Waals surface area contributed by atoms with Crippen molar-refractivity contribution in [3.8, 4) is 0 Å². The quantitative estimate of drug-likeness (QED) is 0.865. The molecule has 0 spiro atoms. The third-order valence-electron chi connectivity index (χ3n) is 3.80. The maximum Gasteiger partial charge on any atom is 0.0537 e. The summed E-state index contributed by atoms with van der Waals surface area (Å²) < 4.78 is 1.82. The summed E-state index contributed by atoms with van der Waals surface area (Å²) in [6.07, 6.45) is 9.16. The molecular formula is C13H24N4. The van der Waals surface area contributed by atoms with Crippen LogP contribution in [0.15, 0.2) is 12.4 Å². The lowest BCUT2D eigenvalue weighted by atomic mass is 9.99. The van der Waals surface area contributed by atoms with Gasteiger partial charge < -0.3 is 5.73 Å².